The van der Waals surface area contributed by atoms with Gasteiger partial charge in [0.25, 0.3) is 0 Å². The Balaban J connectivity index is 2.44. The molecule has 0 aliphatic carbocycles. The minimum atomic E-state index is -1.12. The van der Waals surface area contributed by atoms with E-state index >= 15 is 0 Å². The summed E-state index contributed by atoms with van der Waals surface area (Å²) in [5, 5.41) is 5.31. The topological polar surface area (TPSA) is 114 Å². The fraction of sp³-hybridized carbons (Fsp3) is 0.438. The molecule has 0 saturated heterocycles. The Morgan fingerprint density at radius 3 is 2.05 bits per heavy atom. The second-order valence-electron chi connectivity index (χ2n) is 11.7. The molecule has 0 saturated carbocycles. The molecule has 2 unspecified atom stereocenters. The SMILES string of the molecule is C=CCN(C(=O)CNC(=O)OC(C)(C)C)C(C(=O)NC(Cc1ccccc1)C(=O)OC(C)(C)C)c1ccccc1C. The van der Waals surface area contributed by atoms with E-state index < -0.39 is 53.7 Å². The monoisotopic (exact) mass is 565 g/mol. The summed E-state index contributed by atoms with van der Waals surface area (Å²) >= 11 is 0. The molecule has 2 N–H and O–H groups in total. The Hall–Kier alpha value is -4.14. The molecular weight excluding hydrogens is 522 g/mol. The molecule has 2 aromatic rings. The van der Waals surface area contributed by atoms with Crippen molar-refractivity contribution < 1.29 is 28.7 Å². The lowest BCUT2D eigenvalue weighted by atomic mass is 9.97. The van der Waals surface area contributed by atoms with Gasteiger partial charge in [-0.3, -0.25) is 9.59 Å². The molecular formula is C32H43N3O6. The van der Waals surface area contributed by atoms with E-state index in [4.69, 9.17) is 9.47 Å². The average Bonchev–Trinajstić information content (AvgIpc) is 2.86. The number of ether oxygens (including phenoxy) is 2. The largest absolute Gasteiger partial charge is 0.458 e. The zero-order valence-electron chi connectivity index (χ0n) is 25.2. The van der Waals surface area contributed by atoms with Gasteiger partial charge in [-0.2, -0.15) is 0 Å². The van der Waals surface area contributed by atoms with Crippen LogP contribution in [-0.4, -0.2) is 59.1 Å². The number of hydrogen-bond acceptors (Lipinski definition) is 6. The molecule has 0 fully saturated rings. The van der Waals surface area contributed by atoms with Crippen LogP contribution in [0.2, 0.25) is 0 Å². The Morgan fingerprint density at radius 2 is 1.49 bits per heavy atom. The standard InChI is InChI=1S/C32H43N3O6/c1-9-19-35(26(36)21-33-30(39)41-32(6,7)8)27(24-18-14-13-15-22(24)2)28(37)34-25(29(38)40-31(3,4)5)20-23-16-11-10-12-17-23/h9-18,25,27H,1,19-21H2,2-8H3,(H,33,39)(H,34,37). The van der Waals surface area contributed by atoms with Gasteiger partial charge in [0, 0.05) is 13.0 Å². The average molecular weight is 566 g/mol. The van der Waals surface area contributed by atoms with Crippen molar-refractivity contribution >= 4 is 23.9 Å². The van der Waals surface area contributed by atoms with E-state index in [2.05, 4.69) is 17.2 Å². The van der Waals surface area contributed by atoms with Crippen molar-refractivity contribution in [1.82, 2.24) is 15.5 Å². The van der Waals surface area contributed by atoms with Gasteiger partial charge in [-0.1, -0.05) is 60.7 Å². The molecule has 2 aromatic carbocycles. The van der Waals surface area contributed by atoms with E-state index in [-0.39, 0.29) is 13.0 Å². The summed E-state index contributed by atoms with van der Waals surface area (Å²) in [6, 6.07) is 14.3. The predicted octanol–water partition coefficient (Wildman–Crippen LogP) is 4.64. The van der Waals surface area contributed by atoms with Crippen LogP contribution < -0.4 is 10.6 Å². The molecule has 0 aliphatic rings. The van der Waals surface area contributed by atoms with E-state index in [1.54, 1.807) is 53.7 Å². The number of carbonyl (C=O) groups is 4. The lowest BCUT2D eigenvalue weighted by Crippen LogP contribution is -2.52. The van der Waals surface area contributed by atoms with Gasteiger partial charge in [-0.25, -0.2) is 9.59 Å². The molecule has 2 rings (SSSR count). The maximum Gasteiger partial charge on any atom is 0.408 e. The number of hydrogen-bond donors (Lipinski definition) is 2. The number of esters is 1. The molecule has 0 radical (unpaired) electrons. The molecule has 9 nitrogen and oxygen atoms in total. The van der Waals surface area contributed by atoms with Crippen LogP contribution in [0.25, 0.3) is 0 Å². The summed E-state index contributed by atoms with van der Waals surface area (Å²) in [6.07, 6.45) is 0.936. The molecule has 222 valence electrons. The first kappa shape index (κ1) is 33.1. The quantitative estimate of drug-likeness (QED) is 0.303. The number of rotatable bonds is 11. The Morgan fingerprint density at radius 1 is 0.902 bits per heavy atom. The number of benzene rings is 2. The van der Waals surface area contributed by atoms with Crippen molar-refractivity contribution in [3.05, 3.63) is 83.9 Å². The summed E-state index contributed by atoms with van der Waals surface area (Å²) in [5.41, 5.74) is 0.653. The van der Waals surface area contributed by atoms with E-state index in [1.807, 2.05) is 49.4 Å². The molecule has 41 heavy (non-hydrogen) atoms. The number of amides is 3. The summed E-state index contributed by atoms with van der Waals surface area (Å²) in [4.78, 5) is 54.3. The molecule has 0 aliphatic heterocycles. The first-order chi connectivity index (χ1) is 19.1. The van der Waals surface area contributed by atoms with Crippen molar-refractivity contribution in [3.8, 4) is 0 Å². The lowest BCUT2D eigenvalue weighted by Gasteiger charge is -2.33. The van der Waals surface area contributed by atoms with Crippen molar-refractivity contribution in [2.75, 3.05) is 13.1 Å². The van der Waals surface area contributed by atoms with Gasteiger partial charge >= 0.3 is 12.1 Å². The summed E-state index contributed by atoms with van der Waals surface area (Å²) in [7, 11) is 0. The molecule has 2 atom stereocenters. The molecule has 9 heteroatoms. The van der Waals surface area contributed by atoms with Crippen LogP contribution in [0.5, 0.6) is 0 Å². The van der Waals surface area contributed by atoms with Gasteiger partial charge in [-0.15, -0.1) is 6.58 Å². The third kappa shape index (κ3) is 11.1. The van der Waals surface area contributed by atoms with Crippen LogP contribution in [0.1, 0.15) is 64.3 Å². The fourth-order valence-corrected chi connectivity index (χ4v) is 4.06. The van der Waals surface area contributed by atoms with E-state index in [0.717, 1.165) is 11.1 Å². The van der Waals surface area contributed by atoms with E-state index in [9.17, 15) is 19.2 Å². The minimum absolute atomic E-state index is 0.0110. The summed E-state index contributed by atoms with van der Waals surface area (Å²) in [5.74, 6) is -1.69. The third-order valence-electron chi connectivity index (χ3n) is 5.76. The number of nitrogens with one attached hydrogen (secondary N) is 2. The minimum Gasteiger partial charge on any atom is -0.458 e. The third-order valence-corrected chi connectivity index (χ3v) is 5.76. The van der Waals surface area contributed by atoms with Crippen LogP contribution in [0.4, 0.5) is 4.79 Å². The maximum absolute atomic E-state index is 14.1. The summed E-state index contributed by atoms with van der Waals surface area (Å²) < 4.78 is 10.9. The Bertz CT molecular complexity index is 1210. The second-order valence-corrected chi connectivity index (χ2v) is 11.7. The van der Waals surface area contributed by atoms with Gasteiger partial charge < -0.3 is 25.0 Å². The van der Waals surface area contributed by atoms with Crippen molar-refractivity contribution in [1.29, 1.82) is 0 Å². The van der Waals surface area contributed by atoms with Crippen molar-refractivity contribution in [3.63, 3.8) is 0 Å². The molecule has 0 heterocycles. The van der Waals surface area contributed by atoms with Gasteiger partial charge in [0.2, 0.25) is 11.8 Å². The normalized spacial score (nSPS) is 12.9. The summed E-state index contributed by atoms with van der Waals surface area (Å²) in [6.45, 7) is 15.6. The lowest BCUT2D eigenvalue weighted by molar-refractivity contribution is -0.159. The number of aryl methyl sites for hydroxylation is 1. The molecule has 0 aromatic heterocycles. The number of carbonyl (C=O) groups excluding carboxylic acids is 4. The zero-order chi connectivity index (χ0) is 30.8. The fourth-order valence-electron chi connectivity index (χ4n) is 4.06. The Kier molecular flexibility index (Phi) is 11.7. The van der Waals surface area contributed by atoms with E-state index in [0.29, 0.717) is 5.56 Å². The zero-order valence-corrected chi connectivity index (χ0v) is 25.2. The maximum atomic E-state index is 14.1. The highest BCUT2D eigenvalue weighted by atomic mass is 16.6. The van der Waals surface area contributed by atoms with Crippen LogP contribution in [0.15, 0.2) is 67.3 Å². The van der Waals surface area contributed by atoms with Crippen molar-refractivity contribution in [2.45, 2.75) is 78.2 Å². The van der Waals surface area contributed by atoms with Gasteiger partial charge in [0.15, 0.2) is 0 Å². The first-order valence-electron chi connectivity index (χ1n) is 13.6. The molecule has 0 bridgehead atoms. The van der Waals surface area contributed by atoms with E-state index in [1.165, 1.54) is 11.0 Å². The molecule has 0 spiro atoms. The smallest absolute Gasteiger partial charge is 0.408 e. The number of alkyl carbamates (subject to hydrolysis) is 1. The van der Waals surface area contributed by atoms with Crippen LogP contribution >= 0.6 is 0 Å². The highest BCUT2D eigenvalue weighted by Gasteiger charge is 2.35. The van der Waals surface area contributed by atoms with Crippen LogP contribution in [0.3, 0.4) is 0 Å². The van der Waals surface area contributed by atoms with Crippen LogP contribution in [0, 0.1) is 6.92 Å². The van der Waals surface area contributed by atoms with Crippen LogP contribution in [-0.2, 0) is 30.3 Å². The second kappa shape index (κ2) is 14.5. The highest BCUT2D eigenvalue weighted by Crippen LogP contribution is 2.25. The number of nitrogens with zero attached hydrogens (tertiary/aromatic N) is 1. The first-order valence-corrected chi connectivity index (χ1v) is 13.6. The Labute approximate surface area is 243 Å². The molecule has 3 amide bonds. The van der Waals surface area contributed by atoms with Gasteiger partial charge in [0.05, 0.1) is 0 Å². The van der Waals surface area contributed by atoms with Gasteiger partial charge in [-0.05, 0) is 65.2 Å². The highest BCUT2D eigenvalue weighted by molar-refractivity contribution is 5.93. The predicted molar refractivity (Wildman–Crippen MR) is 158 cm³/mol. The van der Waals surface area contributed by atoms with Gasteiger partial charge in [0.1, 0.15) is 29.8 Å². The van der Waals surface area contributed by atoms with Crippen molar-refractivity contribution in [2.24, 2.45) is 0 Å².